The minimum atomic E-state index is -0.702. The molecule has 8 heteroatoms. The number of rotatable bonds is 6. The third-order valence-electron chi connectivity index (χ3n) is 4.68. The zero-order chi connectivity index (χ0) is 20.1. The number of carbonyl (C=O) groups is 4. The molecule has 8 nitrogen and oxygen atoms in total. The number of ether oxygens (including phenoxy) is 2. The molecule has 148 valence electrons. The summed E-state index contributed by atoms with van der Waals surface area (Å²) in [5.41, 5.74) is 0.523. The first-order chi connectivity index (χ1) is 13.5. The van der Waals surface area contributed by atoms with Crippen molar-refractivity contribution >= 4 is 29.9 Å². The molecule has 2 fully saturated rings. The van der Waals surface area contributed by atoms with Crippen molar-refractivity contribution in [1.29, 1.82) is 0 Å². The van der Waals surface area contributed by atoms with Crippen LogP contribution < -0.4 is 10.1 Å². The average Bonchev–Trinajstić information content (AvgIpc) is 3.19. The fourth-order valence-corrected chi connectivity index (χ4v) is 3.34. The second-order valence-corrected chi connectivity index (χ2v) is 6.59. The first kappa shape index (κ1) is 19.6. The normalized spacial score (nSPS) is 19.1. The Kier molecular flexibility index (Phi) is 6.08. The van der Waals surface area contributed by atoms with Crippen LogP contribution in [0.15, 0.2) is 29.8 Å². The molecular weight excluding hydrogens is 364 g/mol. The molecule has 0 spiro atoms. The van der Waals surface area contributed by atoms with Gasteiger partial charge in [-0.1, -0.05) is 25.0 Å². The van der Waals surface area contributed by atoms with E-state index in [4.69, 9.17) is 9.47 Å². The summed E-state index contributed by atoms with van der Waals surface area (Å²) in [7, 11) is 0. The number of imide groups is 2. The maximum absolute atomic E-state index is 12.7. The number of benzene rings is 1. The highest BCUT2D eigenvalue weighted by atomic mass is 16.6. The fraction of sp³-hybridized carbons (Fsp3) is 0.400. The van der Waals surface area contributed by atoms with E-state index in [1.165, 1.54) is 6.08 Å². The summed E-state index contributed by atoms with van der Waals surface area (Å²) in [6, 6.07) is 5.74. The minimum absolute atomic E-state index is 0.0771. The molecule has 1 aliphatic carbocycles. The Morgan fingerprint density at radius 2 is 1.86 bits per heavy atom. The van der Waals surface area contributed by atoms with Crippen LogP contribution in [0.4, 0.5) is 4.79 Å². The van der Waals surface area contributed by atoms with Crippen LogP contribution in [0.3, 0.4) is 0 Å². The molecule has 0 atom stereocenters. The second-order valence-electron chi connectivity index (χ2n) is 6.59. The van der Waals surface area contributed by atoms with Crippen molar-refractivity contribution in [3.63, 3.8) is 0 Å². The van der Waals surface area contributed by atoms with Gasteiger partial charge in [-0.3, -0.25) is 19.8 Å². The van der Waals surface area contributed by atoms with E-state index in [-0.39, 0.29) is 24.8 Å². The Hall–Kier alpha value is -3.16. The van der Waals surface area contributed by atoms with Gasteiger partial charge in [-0.2, -0.15) is 0 Å². The van der Waals surface area contributed by atoms with Gasteiger partial charge in [0.2, 0.25) is 0 Å². The number of hydrogen-bond donors (Lipinski definition) is 1. The Morgan fingerprint density at radius 1 is 1.18 bits per heavy atom. The van der Waals surface area contributed by atoms with E-state index in [1.807, 2.05) is 0 Å². The van der Waals surface area contributed by atoms with Crippen LogP contribution in [-0.4, -0.2) is 48.0 Å². The van der Waals surface area contributed by atoms with Crippen LogP contribution >= 0.6 is 0 Å². The van der Waals surface area contributed by atoms with Crippen molar-refractivity contribution in [3.05, 3.63) is 35.4 Å². The van der Waals surface area contributed by atoms with Gasteiger partial charge >= 0.3 is 12.0 Å². The molecule has 4 amide bonds. The van der Waals surface area contributed by atoms with Gasteiger partial charge in [-0.05, 0) is 43.5 Å². The van der Waals surface area contributed by atoms with Crippen LogP contribution in [0, 0.1) is 0 Å². The number of hydrogen-bond acceptors (Lipinski definition) is 6. The number of amides is 4. The van der Waals surface area contributed by atoms with Crippen molar-refractivity contribution in [2.45, 2.75) is 38.6 Å². The summed E-state index contributed by atoms with van der Waals surface area (Å²) in [6.45, 7) is 1.79. The number of esters is 1. The van der Waals surface area contributed by atoms with Crippen LogP contribution in [-0.2, 0) is 19.1 Å². The van der Waals surface area contributed by atoms with Crippen molar-refractivity contribution in [2.24, 2.45) is 0 Å². The molecular formula is C20H22N2O6. The summed E-state index contributed by atoms with van der Waals surface area (Å²) in [5.74, 6) is -1.28. The molecule has 1 saturated carbocycles. The van der Waals surface area contributed by atoms with Crippen molar-refractivity contribution in [2.75, 3.05) is 13.2 Å². The van der Waals surface area contributed by atoms with Crippen LogP contribution in [0.5, 0.6) is 5.75 Å². The van der Waals surface area contributed by atoms with E-state index in [9.17, 15) is 19.2 Å². The lowest BCUT2D eigenvalue weighted by atomic mass is 10.1. The molecule has 1 aromatic carbocycles. The second kappa shape index (κ2) is 8.69. The number of nitrogens with zero attached hydrogens (tertiary/aromatic N) is 1. The van der Waals surface area contributed by atoms with E-state index in [0.717, 1.165) is 30.6 Å². The lowest BCUT2D eigenvalue weighted by Crippen LogP contribution is -2.57. The van der Waals surface area contributed by atoms with Gasteiger partial charge < -0.3 is 9.47 Å². The Bertz CT molecular complexity index is 808. The van der Waals surface area contributed by atoms with Gasteiger partial charge in [0.15, 0.2) is 6.61 Å². The summed E-state index contributed by atoms with van der Waals surface area (Å²) in [4.78, 5) is 49.5. The quantitative estimate of drug-likeness (QED) is 0.456. The number of carbonyl (C=O) groups excluding carboxylic acids is 4. The van der Waals surface area contributed by atoms with Crippen molar-refractivity contribution in [3.8, 4) is 5.75 Å². The van der Waals surface area contributed by atoms with E-state index < -0.39 is 23.8 Å². The van der Waals surface area contributed by atoms with E-state index in [1.54, 1.807) is 31.2 Å². The highest BCUT2D eigenvalue weighted by molar-refractivity contribution is 6.31. The number of nitrogens with one attached hydrogen (secondary N) is 1. The van der Waals surface area contributed by atoms with Crippen molar-refractivity contribution in [1.82, 2.24) is 10.2 Å². The predicted molar refractivity (Wildman–Crippen MR) is 99.2 cm³/mol. The SMILES string of the molecule is CCOC(=O)COc1ccc(/C=C2\C(=O)NC(=O)N(C3CCCC3)C2=O)cc1. The molecule has 1 heterocycles. The largest absolute Gasteiger partial charge is 0.482 e. The summed E-state index contributed by atoms with van der Waals surface area (Å²) < 4.78 is 10.1. The predicted octanol–water partition coefficient (Wildman–Crippen LogP) is 2.03. The Labute approximate surface area is 162 Å². The lowest BCUT2D eigenvalue weighted by Gasteiger charge is -2.31. The molecule has 1 aromatic rings. The fourth-order valence-electron chi connectivity index (χ4n) is 3.34. The van der Waals surface area contributed by atoms with E-state index >= 15 is 0 Å². The first-order valence-electron chi connectivity index (χ1n) is 9.28. The van der Waals surface area contributed by atoms with Gasteiger partial charge in [0.1, 0.15) is 11.3 Å². The summed E-state index contributed by atoms with van der Waals surface area (Å²) >= 11 is 0. The maximum atomic E-state index is 12.7. The van der Waals surface area contributed by atoms with Crippen LogP contribution in [0.1, 0.15) is 38.2 Å². The topological polar surface area (TPSA) is 102 Å². The number of barbiturate groups is 1. The maximum Gasteiger partial charge on any atom is 0.344 e. The zero-order valence-corrected chi connectivity index (χ0v) is 15.6. The van der Waals surface area contributed by atoms with Crippen LogP contribution in [0.2, 0.25) is 0 Å². The van der Waals surface area contributed by atoms with Gasteiger partial charge in [-0.25, -0.2) is 9.59 Å². The summed E-state index contributed by atoms with van der Waals surface area (Å²) in [6.07, 6.45) is 4.88. The molecule has 0 aromatic heterocycles. The van der Waals surface area contributed by atoms with Gasteiger partial charge in [0.05, 0.1) is 6.61 Å². The molecule has 0 bridgehead atoms. The van der Waals surface area contributed by atoms with Crippen LogP contribution in [0.25, 0.3) is 6.08 Å². The minimum Gasteiger partial charge on any atom is -0.482 e. The van der Waals surface area contributed by atoms with Crippen molar-refractivity contribution < 1.29 is 28.7 Å². The van der Waals surface area contributed by atoms with E-state index in [2.05, 4.69) is 5.32 Å². The standard InChI is InChI=1S/C20H22N2O6/c1-2-27-17(23)12-28-15-9-7-13(8-10-15)11-16-18(24)21-20(26)22(19(16)25)14-5-3-4-6-14/h7-11,14H,2-6,12H2,1H3,(H,21,24,26)/b16-11+. The molecule has 1 N–H and O–H groups in total. The number of urea groups is 1. The summed E-state index contributed by atoms with van der Waals surface area (Å²) in [5, 5.41) is 2.25. The molecule has 1 aliphatic heterocycles. The zero-order valence-electron chi connectivity index (χ0n) is 15.6. The molecule has 1 saturated heterocycles. The van der Waals surface area contributed by atoms with E-state index in [0.29, 0.717) is 11.3 Å². The molecule has 2 aliphatic rings. The monoisotopic (exact) mass is 386 g/mol. The first-order valence-corrected chi connectivity index (χ1v) is 9.28. The smallest absolute Gasteiger partial charge is 0.344 e. The highest BCUT2D eigenvalue weighted by Crippen LogP contribution is 2.27. The lowest BCUT2D eigenvalue weighted by molar-refractivity contribution is -0.145. The molecule has 0 unspecified atom stereocenters. The van der Waals surface area contributed by atoms with Gasteiger partial charge in [0, 0.05) is 6.04 Å². The molecule has 28 heavy (non-hydrogen) atoms. The average molecular weight is 386 g/mol. The highest BCUT2D eigenvalue weighted by Gasteiger charge is 2.40. The van der Waals surface area contributed by atoms with Gasteiger partial charge in [-0.15, -0.1) is 0 Å². The third-order valence-corrected chi connectivity index (χ3v) is 4.68. The molecule has 3 rings (SSSR count). The Balaban J connectivity index is 1.72. The van der Waals surface area contributed by atoms with Gasteiger partial charge in [0.25, 0.3) is 11.8 Å². The Morgan fingerprint density at radius 3 is 2.50 bits per heavy atom. The third kappa shape index (κ3) is 4.39. The molecule has 0 radical (unpaired) electrons.